The number of nitrogens with zero attached hydrogens (tertiary/aromatic N) is 1. The minimum absolute atomic E-state index is 0.146. The van der Waals surface area contributed by atoms with Crippen LogP contribution in [-0.4, -0.2) is 23.1 Å². The zero-order valence-corrected chi connectivity index (χ0v) is 21.1. The zero-order valence-electron chi connectivity index (χ0n) is 20.3. The smallest absolute Gasteiger partial charge is 0.417 e. The van der Waals surface area contributed by atoms with E-state index in [1.807, 2.05) is 39.0 Å². The number of alkyl halides is 3. The van der Waals surface area contributed by atoms with Gasteiger partial charge < -0.3 is 10.1 Å². The van der Waals surface area contributed by atoms with E-state index >= 15 is 0 Å². The Kier molecular flexibility index (Phi) is 7.47. The van der Waals surface area contributed by atoms with Gasteiger partial charge in [0.2, 0.25) is 0 Å². The SMILES string of the molecule is CC(C)(C)OC(=O)CCNCc1ccc2nc(-c3ccc(-c4ccccc4)c(C(F)(F)F)c3)sc2c1. The second kappa shape index (κ2) is 10.4. The first-order chi connectivity index (χ1) is 17.0. The van der Waals surface area contributed by atoms with Crippen LogP contribution in [0.1, 0.15) is 38.3 Å². The topological polar surface area (TPSA) is 51.2 Å². The standard InChI is InChI=1S/C28H27F3N2O2S/c1-27(2,3)35-25(34)13-14-32-17-18-9-12-23-24(15-18)36-26(33-23)20-10-11-21(19-7-5-4-6-8-19)22(16-20)28(29,30)31/h4-12,15-16,32H,13-14,17H2,1-3H3. The van der Waals surface area contributed by atoms with Crippen molar-refractivity contribution >= 4 is 27.5 Å². The fourth-order valence-electron chi connectivity index (χ4n) is 3.80. The molecule has 4 aromatic rings. The summed E-state index contributed by atoms with van der Waals surface area (Å²) < 4.78 is 47.9. The molecule has 0 unspecified atom stereocenters. The molecule has 8 heteroatoms. The molecule has 0 amide bonds. The van der Waals surface area contributed by atoms with Gasteiger partial charge in [0.25, 0.3) is 0 Å². The Balaban J connectivity index is 1.50. The highest BCUT2D eigenvalue weighted by Crippen LogP contribution is 2.40. The van der Waals surface area contributed by atoms with Crippen molar-refractivity contribution in [3.8, 4) is 21.7 Å². The average Bonchev–Trinajstić information content (AvgIpc) is 3.24. The van der Waals surface area contributed by atoms with Gasteiger partial charge in [-0.3, -0.25) is 4.79 Å². The van der Waals surface area contributed by atoms with Crippen LogP contribution in [0.3, 0.4) is 0 Å². The first kappa shape index (κ1) is 25.9. The maximum Gasteiger partial charge on any atom is 0.417 e. The molecule has 0 aliphatic heterocycles. The highest BCUT2D eigenvalue weighted by atomic mass is 32.1. The maximum absolute atomic E-state index is 13.9. The van der Waals surface area contributed by atoms with Crippen LogP contribution in [0, 0.1) is 0 Å². The summed E-state index contributed by atoms with van der Waals surface area (Å²) in [4.78, 5) is 16.4. The summed E-state index contributed by atoms with van der Waals surface area (Å²) >= 11 is 1.36. The highest BCUT2D eigenvalue weighted by Gasteiger charge is 2.34. The number of nitrogens with one attached hydrogen (secondary N) is 1. The lowest BCUT2D eigenvalue weighted by molar-refractivity contribution is -0.154. The second-order valence-corrected chi connectivity index (χ2v) is 10.5. The molecular weight excluding hydrogens is 485 g/mol. The van der Waals surface area contributed by atoms with Gasteiger partial charge in [-0.25, -0.2) is 4.98 Å². The van der Waals surface area contributed by atoms with Gasteiger partial charge in [-0.2, -0.15) is 13.2 Å². The largest absolute Gasteiger partial charge is 0.460 e. The van der Waals surface area contributed by atoms with Crippen molar-refractivity contribution in [2.75, 3.05) is 6.54 Å². The predicted molar refractivity (Wildman–Crippen MR) is 138 cm³/mol. The van der Waals surface area contributed by atoms with Crippen molar-refractivity contribution in [1.29, 1.82) is 0 Å². The second-order valence-electron chi connectivity index (χ2n) is 9.46. The van der Waals surface area contributed by atoms with Crippen molar-refractivity contribution in [2.24, 2.45) is 0 Å². The Labute approximate surface area is 212 Å². The van der Waals surface area contributed by atoms with E-state index in [4.69, 9.17) is 4.74 Å². The van der Waals surface area contributed by atoms with Crippen LogP contribution in [0.2, 0.25) is 0 Å². The number of rotatable bonds is 7. The van der Waals surface area contributed by atoms with Crippen molar-refractivity contribution in [1.82, 2.24) is 10.3 Å². The molecule has 0 fully saturated rings. The lowest BCUT2D eigenvalue weighted by atomic mass is 9.97. The first-order valence-electron chi connectivity index (χ1n) is 11.6. The van der Waals surface area contributed by atoms with Crippen molar-refractivity contribution in [2.45, 2.75) is 45.5 Å². The molecule has 0 atom stereocenters. The summed E-state index contributed by atoms with van der Waals surface area (Å²) in [6.07, 6.45) is -4.22. The Morgan fingerprint density at radius 1 is 0.972 bits per heavy atom. The van der Waals surface area contributed by atoms with Gasteiger partial charge in [-0.1, -0.05) is 48.5 Å². The van der Waals surface area contributed by atoms with Gasteiger partial charge in [0.15, 0.2) is 0 Å². The number of hydrogen-bond donors (Lipinski definition) is 1. The molecule has 1 aromatic heterocycles. The van der Waals surface area contributed by atoms with Crippen molar-refractivity contribution in [3.63, 3.8) is 0 Å². The van der Waals surface area contributed by atoms with Crippen LogP contribution in [0.15, 0.2) is 66.7 Å². The van der Waals surface area contributed by atoms with Gasteiger partial charge in [0, 0.05) is 18.7 Å². The normalized spacial score (nSPS) is 12.2. The van der Waals surface area contributed by atoms with Crippen LogP contribution in [0.5, 0.6) is 0 Å². The summed E-state index contributed by atoms with van der Waals surface area (Å²) in [6.45, 7) is 6.53. The molecule has 1 N–H and O–H groups in total. The van der Waals surface area contributed by atoms with Crippen molar-refractivity contribution in [3.05, 3.63) is 77.9 Å². The minimum Gasteiger partial charge on any atom is -0.460 e. The summed E-state index contributed by atoms with van der Waals surface area (Å²) in [6, 6.07) is 18.7. The molecule has 0 bridgehead atoms. The molecular formula is C28H27F3N2O2S. The summed E-state index contributed by atoms with van der Waals surface area (Å²) in [5, 5.41) is 3.76. The Morgan fingerprint density at radius 2 is 1.72 bits per heavy atom. The lowest BCUT2D eigenvalue weighted by Crippen LogP contribution is -2.26. The molecule has 188 valence electrons. The molecule has 4 rings (SSSR count). The number of thiazole rings is 1. The van der Waals surface area contributed by atoms with E-state index in [-0.39, 0.29) is 18.0 Å². The number of hydrogen-bond acceptors (Lipinski definition) is 5. The van der Waals surface area contributed by atoms with Crippen LogP contribution in [-0.2, 0) is 22.3 Å². The predicted octanol–water partition coefficient (Wildman–Crippen LogP) is 7.47. The van der Waals surface area contributed by atoms with E-state index in [2.05, 4.69) is 10.3 Å². The van der Waals surface area contributed by atoms with Gasteiger partial charge in [-0.05, 0) is 55.7 Å². The molecule has 0 spiro atoms. The third-order valence-corrected chi connectivity index (χ3v) is 6.43. The number of ether oxygens (including phenoxy) is 1. The number of fused-ring (bicyclic) bond motifs is 1. The first-order valence-corrected chi connectivity index (χ1v) is 12.4. The van der Waals surface area contributed by atoms with E-state index in [0.29, 0.717) is 29.2 Å². The van der Waals surface area contributed by atoms with Crippen LogP contribution in [0.4, 0.5) is 13.2 Å². The summed E-state index contributed by atoms with van der Waals surface area (Å²) in [5.41, 5.74) is 1.64. The molecule has 36 heavy (non-hydrogen) atoms. The lowest BCUT2D eigenvalue weighted by Gasteiger charge is -2.19. The minimum atomic E-state index is -4.49. The molecule has 0 saturated heterocycles. The third-order valence-electron chi connectivity index (χ3n) is 5.36. The number of halogens is 3. The van der Waals surface area contributed by atoms with E-state index < -0.39 is 17.3 Å². The maximum atomic E-state index is 13.9. The van der Waals surface area contributed by atoms with Crippen LogP contribution < -0.4 is 5.32 Å². The van der Waals surface area contributed by atoms with Crippen LogP contribution in [0.25, 0.3) is 31.9 Å². The molecule has 4 nitrogen and oxygen atoms in total. The molecule has 0 saturated carbocycles. The zero-order chi connectivity index (χ0) is 25.9. The summed E-state index contributed by atoms with van der Waals surface area (Å²) in [5.74, 6) is -0.256. The molecule has 0 radical (unpaired) electrons. The van der Waals surface area contributed by atoms with Crippen LogP contribution >= 0.6 is 11.3 Å². The van der Waals surface area contributed by atoms with E-state index in [1.54, 1.807) is 36.4 Å². The van der Waals surface area contributed by atoms with Crippen molar-refractivity contribution < 1.29 is 22.7 Å². The number of benzene rings is 3. The van der Waals surface area contributed by atoms with E-state index in [0.717, 1.165) is 15.8 Å². The summed E-state index contributed by atoms with van der Waals surface area (Å²) in [7, 11) is 0. The monoisotopic (exact) mass is 512 g/mol. The Hall–Kier alpha value is -3.23. The fourth-order valence-corrected chi connectivity index (χ4v) is 4.83. The number of esters is 1. The highest BCUT2D eigenvalue weighted by molar-refractivity contribution is 7.21. The Morgan fingerprint density at radius 3 is 2.42 bits per heavy atom. The number of carbonyl (C=O) groups excluding carboxylic acids is 1. The molecule has 0 aliphatic carbocycles. The van der Waals surface area contributed by atoms with Gasteiger partial charge in [-0.15, -0.1) is 11.3 Å². The average molecular weight is 513 g/mol. The molecule has 1 heterocycles. The third kappa shape index (κ3) is 6.50. The van der Waals surface area contributed by atoms with Gasteiger partial charge >= 0.3 is 12.1 Å². The molecule has 3 aromatic carbocycles. The van der Waals surface area contributed by atoms with Gasteiger partial charge in [0.1, 0.15) is 10.6 Å². The fraction of sp³-hybridized carbons (Fsp3) is 0.286. The Bertz CT molecular complexity index is 1360. The molecule has 0 aliphatic rings. The van der Waals surface area contributed by atoms with E-state index in [9.17, 15) is 18.0 Å². The number of aromatic nitrogens is 1. The number of carbonyl (C=O) groups is 1. The quantitative estimate of drug-likeness (QED) is 0.206. The van der Waals surface area contributed by atoms with Gasteiger partial charge in [0.05, 0.1) is 22.2 Å². The van der Waals surface area contributed by atoms with E-state index in [1.165, 1.54) is 23.5 Å².